The third-order valence-electron chi connectivity index (χ3n) is 3.70. The summed E-state index contributed by atoms with van der Waals surface area (Å²) < 4.78 is 36.8. The summed E-state index contributed by atoms with van der Waals surface area (Å²) in [7, 11) is 0. The normalized spacial score (nSPS) is 23.1. The number of rotatable bonds is 3. The molecule has 2 saturated heterocycles. The number of alkyl halides is 3. The summed E-state index contributed by atoms with van der Waals surface area (Å²) in [4.78, 5) is 17.2. The molecule has 0 atom stereocenters. The van der Waals surface area contributed by atoms with E-state index in [1.165, 1.54) is 4.90 Å². The lowest BCUT2D eigenvalue weighted by molar-refractivity contribution is -0.150. The highest BCUT2D eigenvalue weighted by Crippen LogP contribution is 2.17. The first-order valence-corrected chi connectivity index (χ1v) is 6.94. The van der Waals surface area contributed by atoms with Gasteiger partial charge in [0, 0.05) is 52.4 Å². The van der Waals surface area contributed by atoms with Crippen molar-refractivity contribution in [3.63, 3.8) is 0 Å². The van der Waals surface area contributed by atoms with Gasteiger partial charge in [0.1, 0.15) is 0 Å². The van der Waals surface area contributed by atoms with Gasteiger partial charge in [0.05, 0.1) is 13.1 Å². The lowest BCUT2D eigenvalue weighted by Gasteiger charge is -2.36. The number of halogens is 3. The Hall–Kier alpha value is -0.860. The first-order chi connectivity index (χ1) is 9.44. The number of amides is 1. The fourth-order valence-corrected chi connectivity index (χ4v) is 2.56. The van der Waals surface area contributed by atoms with Gasteiger partial charge in [-0.3, -0.25) is 14.6 Å². The van der Waals surface area contributed by atoms with Gasteiger partial charge in [0.25, 0.3) is 0 Å². The predicted octanol–water partition coefficient (Wildman–Crippen LogP) is -0.402. The number of piperazine rings is 2. The van der Waals surface area contributed by atoms with Crippen LogP contribution in [0.4, 0.5) is 13.2 Å². The van der Waals surface area contributed by atoms with Gasteiger partial charge in [-0.1, -0.05) is 0 Å². The minimum atomic E-state index is -4.14. The Bertz CT molecular complexity index is 323. The van der Waals surface area contributed by atoms with Gasteiger partial charge in [-0.2, -0.15) is 13.2 Å². The molecular weight excluding hydrogens is 273 g/mol. The highest BCUT2D eigenvalue weighted by molar-refractivity contribution is 5.78. The third kappa shape index (κ3) is 4.92. The standard InChI is InChI=1S/C12H21F3N4O/c13-12(14,15)10-18-7-5-17(6-8-18)9-11(20)19-3-1-16-2-4-19/h16H,1-10H2. The van der Waals surface area contributed by atoms with E-state index in [2.05, 4.69) is 5.32 Å². The second-order valence-corrected chi connectivity index (χ2v) is 5.30. The Labute approximate surface area is 116 Å². The Morgan fingerprint density at radius 1 is 0.950 bits per heavy atom. The van der Waals surface area contributed by atoms with E-state index < -0.39 is 12.7 Å². The number of hydrogen-bond acceptors (Lipinski definition) is 4. The Morgan fingerprint density at radius 2 is 1.50 bits per heavy atom. The highest BCUT2D eigenvalue weighted by Gasteiger charge is 2.32. The summed E-state index contributed by atoms with van der Waals surface area (Å²) in [6.07, 6.45) is -4.14. The molecule has 0 aromatic heterocycles. The van der Waals surface area contributed by atoms with Gasteiger partial charge in [-0.05, 0) is 0 Å². The molecule has 2 rings (SSSR count). The molecule has 0 radical (unpaired) electrons. The van der Waals surface area contributed by atoms with Gasteiger partial charge in [-0.25, -0.2) is 0 Å². The molecule has 0 bridgehead atoms. The second kappa shape index (κ2) is 6.73. The van der Waals surface area contributed by atoms with Crippen LogP contribution in [0.5, 0.6) is 0 Å². The zero-order valence-corrected chi connectivity index (χ0v) is 11.5. The number of nitrogens with zero attached hydrogens (tertiary/aromatic N) is 3. The van der Waals surface area contributed by atoms with E-state index in [4.69, 9.17) is 0 Å². The molecular formula is C12H21F3N4O. The average molecular weight is 294 g/mol. The quantitative estimate of drug-likeness (QED) is 0.769. The maximum atomic E-state index is 12.3. The van der Waals surface area contributed by atoms with Crippen molar-refractivity contribution >= 4 is 5.91 Å². The van der Waals surface area contributed by atoms with Crippen molar-refractivity contribution < 1.29 is 18.0 Å². The number of carbonyl (C=O) groups is 1. The molecule has 2 heterocycles. The van der Waals surface area contributed by atoms with Gasteiger partial charge in [0.15, 0.2) is 0 Å². The fourth-order valence-electron chi connectivity index (χ4n) is 2.56. The van der Waals surface area contributed by atoms with Crippen molar-refractivity contribution in [3.05, 3.63) is 0 Å². The van der Waals surface area contributed by atoms with Crippen LogP contribution in [0.25, 0.3) is 0 Å². The van der Waals surface area contributed by atoms with Gasteiger partial charge in [-0.15, -0.1) is 0 Å². The van der Waals surface area contributed by atoms with E-state index in [1.54, 1.807) is 0 Å². The SMILES string of the molecule is O=C(CN1CCN(CC(F)(F)F)CC1)N1CCNCC1. The molecule has 1 amide bonds. The maximum absolute atomic E-state index is 12.3. The molecule has 0 aliphatic carbocycles. The second-order valence-electron chi connectivity index (χ2n) is 5.30. The van der Waals surface area contributed by atoms with Crippen LogP contribution in [-0.2, 0) is 4.79 Å². The van der Waals surface area contributed by atoms with Crippen LogP contribution in [0.15, 0.2) is 0 Å². The highest BCUT2D eigenvalue weighted by atomic mass is 19.4. The summed E-state index contributed by atoms with van der Waals surface area (Å²) in [5.41, 5.74) is 0. The Kier molecular flexibility index (Phi) is 5.22. The summed E-state index contributed by atoms with van der Waals surface area (Å²) in [5.74, 6) is 0.0794. The molecule has 2 fully saturated rings. The fraction of sp³-hybridized carbons (Fsp3) is 0.917. The molecule has 0 aromatic rings. The van der Waals surface area contributed by atoms with E-state index in [-0.39, 0.29) is 5.91 Å². The van der Waals surface area contributed by atoms with Crippen molar-refractivity contribution in [3.8, 4) is 0 Å². The minimum absolute atomic E-state index is 0.0794. The first-order valence-electron chi connectivity index (χ1n) is 6.94. The molecule has 0 aromatic carbocycles. The van der Waals surface area contributed by atoms with Crippen LogP contribution in [0.1, 0.15) is 0 Å². The van der Waals surface area contributed by atoms with Gasteiger partial charge >= 0.3 is 6.18 Å². The van der Waals surface area contributed by atoms with Crippen molar-refractivity contribution in [1.29, 1.82) is 0 Å². The average Bonchev–Trinajstić information content (AvgIpc) is 2.40. The summed E-state index contributed by atoms with van der Waals surface area (Å²) in [6, 6.07) is 0. The first kappa shape index (κ1) is 15.5. The smallest absolute Gasteiger partial charge is 0.339 e. The van der Waals surface area contributed by atoms with Crippen LogP contribution in [0.3, 0.4) is 0 Å². The molecule has 0 unspecified atom stereocenters. The monoisotopic (exact) mass is 294 g/mol. The van der Waals surface area contributed by atoms with Crippen LogP contribution >= 0.6 is 0 Å². The van der Waals surface area contributed by atoms with E-state index >= 15 is 0 Å². The zero-order valence-electron chi connectivity index (χ0n) is 11.5. The van der Waals surface area contributed by atoms with E-state index in [0.29, 0.717) is 45.8 Å². The predicted molar refractivity (Wildman–Crippen MR) is 68.4 cm³/mol. The largest absolute Gasteiger partial charge is 0.401 e. The minimum Gasteiger partial charge on any atom is -0.339 e. The summed E-state index contributed by atoms with van der Waals surface area (Å²) >= 11 is 0. The Balaban J connectivity index is 1.70. The topological polar surface area (TPSA) is 38.8 Å². The van der Waals surface area contributed by atoms with E-state index in [9.17, 15) is 18.0 Å². The van der Waals surface area contributed by atoms with Crippen molar-refractivity contribution in [1.82, 2.24) is 20.0 Å². The van der Waals surface area contributed by atoms with Gasteiger partial charge in [0.2, 0.25) is 5.91 Å². The maximum Gasteiger partial charge on any atom is 0.401 e. The van der Waals surface area contributed by atoms with Crippen molar-refractivity contribution in [2.24, 2.45) is 0 Å². The van der Waals surface area contributed by atoms with E-state index in [1.807, 2.05) is 9.80 Å². The zero-order chi connectivity index (χ0) is 14.6. The molecule has 5 nitrogen and oxygen atoms in total. The number of nitrogens with one attached hydrogen (secondary N) is 1. The van der Waals surface area contributed by atoms with Crippen LogP contribution < -0.4 is 5.32 Å². The van der Waals surface area contributed by atoms with Crippen molar-refractivity contribution in [2.45, 2.75) is 6.18 Å². The molecule has 0 saturated carbocycles. The van der Waals surface area contributed by atoms with E-state index in [0.717, 1.165) is 13.1 Å². The molecule has 116 valence electrons. The molecule has 0 spiro atoms. The lowest BCUT2D eigenvalue weighted by atomic mass is 10.3. The van der Waals surface area contributed by atoms with Gasteiger partial charge < -0.3 is 10.2 Å². The third-order valence-corrected chi connectivity index (χ3v) is 3.70. The number of carbonyl (C=O) groups excluding carboxylic acids is 1. The molecule has 2 aliphatic heterocycles. The Morgan fingerprint density at radius 3 is 2.05 bits per heavy atom. The molecule has 2 aliphatic rings. The van der Waals surface area contributed by atoms with Crippen LogP contribution in [0.2, 0.25) is 0 Å². The van der Waals surface area contributed by atoms with Crippen LogP contribution in [0, 0.1) is 0 Å². The summed E-state index contributed by atoms with van der Waals surface area (Å²) in [5, 5.41) is 3.18. The van der Waals surface area contributed by atoms with Crippen molar-refractivity contribution in [2.75, 3.05) is 65.4 Å². The number of hydrogen-bond donors (Lipinski definition) is 1. The molecule has 8 heteroatoms. The molecule has 1 N–H and O–H groups in total. The lowest BCUT2D eigenvalue weighted by Crippen LogP contribution is -2.53. The molecule has 20 heavy (non-hydrogen) atoms. The van der Waals surface area contributed by atoms with Crippen LogP contribution in [-0.4, -0.2) is 92.2 Å². The summed E-state index contributed by atoms with van der Waals surface area (Å²) in [6.45, 7) is 4.30.